The van der Waals surface area contributed by atoms with Gasteiger partial charge in [-0.1, -0.05) is 0 Å². The number of halogens is 1. The minimum absolute atomic E-state index is 0.381. The molecule has 0 unspecified atom stereocenters. The normalized spacial score (nSPS) is 11.2. The number of hydrogen-bond donors (Lipinski definition) is 0. The number of thiazole rings is 1. The number of nitrogens with zero attached hydrogens (tertiary/aromatic N) is 1. The van der Waals surface area contributed by atoms with Gasteiger partial charge in [0.2, 0.25) is 6.29 Å². The van der Waals surface area contributed by atoms with Crippen LogP contribution in [0.25, 0.3) is 9.88 Å². The maximum Gasteiger partial charge on any atom is 0.201 e. The van der Waals surface area contributed by atoms with Crippen LogP contribution in [0.5, 0.6) is 0 Å². The third-order valence-electron chi connectivity index (χ3n) is 1.98. The molecule has 0 fully saturated rings. The van der Waals surface area contributed by atoms with Crippen LogP contribution in [0.4, 0.5) is 0 Å². The van der Waals surface area contributed by atoms with Crippen LogP contribution in [0.1, 0.15) is 12.0 Å². The van der Waals surface area contributed by atoms with Crippen molar-refractivity contribution in [3.63, 3.8) is 0 Å². The lowest BCUT2D eigenvalue weighted by Gasteiger charge is -2.09. The molecule has 0 saturated heterocycles. The Morgan fingerprint density at radius 3 is 2.62 bits per heavy atom. The molecule has 0 saturated carbocycles. The van der Waals surface area contributed by atoms with E-state index in [1.165, 1.54) is 0 Å². The highest BCUT2D eigenvalue weighted by molar-refractivity contribution is 9.11. The maximum absolute atomic E-state index is 5.16. The third-order valence-corrected chi connectivity index (χ3v) is 4.63. The fourth-order valence-corrected chi connectivity index (χ4v) is 3.55. The van der Waals surface area contributed by atoms with E-state index in [0.29, 0.717) is 0 Å². The summed E-state index contributed by atoms with van der Waals surface area (Å²) < 4.78 is 11.4. The molecule has 16 heavy (non-hydrogen) atoms. The summed E-state index contributed by atoms with van der Waals surface area (Å²) in [5.74, 6) is 0. The van der Waals surface area contributed by atoms with Crippen molar-refractivity contribution in [3.05, 3.63) is 27.0 Å². The van der Waals surface area contributed by atoms with E-state index in [-0.39, 0.29) is 6.29 Å². The lowest BCUT2D eigenvalue weighted by molar-refractivity contribution is -0.108. The third kappa shape index (κ3) is 2.52. The molecule has 0 radical (unpaired) electrons. The van der Waals surface area contributed by atoms with Gasteiger partial charge >= 0.3 is 0 Å². The molecule has 86 valence electrons. The van der Waals surface area contributed by atoms with E-state index < -0.39 is 0 Å². The van der Waals surface area contributed by atoms with E-state index in [9.17, 15) is 0 Å². The first-order chi connectivity index (χ1) is 7.74. The van der Waals surface area contributed by atoms with Crippen LogP contribution in [0.15, 0.2) is 21.3 Å². The van der Waals surface area contributed by atoms with Crippen LogP contribution in [0.2, 0.25) is 0 Å². The molecule has 0 spiro atoms. The van der Waals surface area contributed by atoms with Gasteiger partial charge in [-0.25, -0.2) is 4.98 Å². The highest BCUT2D eigenvalue weighted by Gasteiger charge is 2.14. The summed E-state index contributed by atoms with van der Waals surface area (Å²) in [5, 5.41) is 2.95. The number of hydrogen-bond acceptors (Lipinski definition) is 5. The van der Waals surface area contributed by atoms with Crippen molar-refractivity contribution in [2.45, 2.75) is 6.29 Å². The van der Waals surface area contributed by atoms with Gasteiger partial charge in [0.1, 0.15) is 10.7 Å². The molecule has 2 aromatic heterocycles. The predicted molar refractivity (Wildman–Crippen MR) is 69.9 cm³/mol. The molecule has 6 heteroatoms. The summed E-state index contributed by atoms with van der Waals surface area (Å²) in [5.41, 5.74) is 0.814. The zero-order valence-electron chi connectivity index (χ0n) is 8.77. The van der Waals surface area contributed by atoms with E-state index in [0.717, 1.165) is 19.4 Å². The summed E-state index contributed by atoms with van der Waals surface area (Å²) in [6, 6.07) is 4.07. The average molecular weight is 320 g/mol. The van der Waals surface area contributed by atoms with Gasteiger partial charge in [-0.05, 0) is 28.1 Å². The van der Waals surface area contributed by atoms with E-state index in [2.05, 4.69) is 20.9 Å². The number of ether oxygens (including phenoxy) is 2. The van der Waals surface area contributed by atoms with E-state index >= 15 is 0 Å². The lowest BCUT2D eigenvalue weighted by Crippen LogP contribution is -2.03. The number of methoxy groups -OCH3 is 2. The molecular weight excluding hydrogens is 310 g/mol. The fourth-order valence-electron chi connectivity index (χ4n) is 1.27. The SMILES string of the molecule is COC(OC)c1csc(-c2ccc(Br)s2)n1. The van der Waals surface area contributed by atoms with Crippen LogP contribution in [-0.4, -0.2) is 19.2 Å². The van der Waals surface area contributed by atoms with Crippen LogP contribution >= 0.6 is 38.6 Å². The Kier molecular flexibility index (Phi) is 4.10. The Bertz CT molecular complexity index is 465. The van der Waals surface area contributed by atoms with Gasteiger partial charge in [0.25, 0.3) is 0 Å². The molecule has 2 rings (SSSR count). The summed E-state index contributed by atoms with van der Waals surface area (Å²) in [4.78, 5) is 5.64. The topological polar surface area (TPSA) is 31.4 Å². The van der Waals surface area contributed by atoms with Gasteiger partial charge in [0.15, 0.2) is 0 Å². The molecule has 0 atom stereocenters. The van der Waals surface area contributed by atoms with Gasteiger partial charge in [-0.3, -0.25) is 0 Å². The highest BCUT2D eigenvalue weighted by Crippen LogP contribution is 2.34. The van der Waals surface area contributed by atoms with Gasteiger partial charge < -0.3 is 9.47 Å². The number of thiophene rings is 1. The first kappa shape index (κ1) is 12.2. The summed E-state index contributed by atoms with van der Waals surface area (Å²) in [7, 11) is 3.21. The zero-order chi connectivity index (χ0) is 11.5. The van der Waals surface area contributed by atoms with E-state index in [1.807, 2.05) is 17.5 Å². The Balaban J connectivity index is 2.25. The fraction of sp³-hybridized carbons (Fsp3) is 0.300. The standard InChI is InChI=1S/C10H10BrNO2S2/c1-13-10(14-2)6-5-15-9(12-6)7-3-4-8(11)16-7/h3-5,10H,1-2H3. The average Bonchev–Trinajstić information content (AvgIpc) is 2.89. The van der Waals surface area contributed by atoms with Gasteiger partial charge in [0.05, 0.1) is 8.66 Å². The maximum atomic E-state index is 5.16. The largest absolute Gasteiger partial charge is 0.350 e. The van der Waals surface area contributed by atoms with Crippen LogP contribution in [-0.2, 0) is 9.47 Å². The first-order valence-electron chi connectivity index (χ1n) is 4.51. The minimum Gasteiger partial charge on any atom is -0.350 e. The first-order valence-corrected chi connectivity index (χ1v) is 7.00. The van der Waals surface area contributed by atoms with Crippen molar-refractivity contribution in [1.29, 1.82) is 0 Å². The summed E-state index contributed by atoms with van der Waals surface area (Å²) in [6.45, 7) is 0. The summed E-state index contributed by atoms with van der Waals surface area (Å²) >= 11 is 6.70. The smallest absolute Gasteiger partial charge is 0.201 e. The van der Waals surface area contributed by atoms with Crippen LogP contribution in [0.3, 0.4) is 0 Å². The quantitative estimate of drug-likeness (QED) is 0.800. The van der Waals surface area contributed by atoms with Crippen molar-refractivity contribution in [1.82, 2.24) is 4.98 Å². The Hall–Kier alpha value is -0.270. The van der Waals surface area contributed by atoms with Crippen LogP contribution in [0, 0.1) is 0 Å². The molecule has 0 aliphatic heterocycles. The minimum atomic E-state index is -0.381. The molecule has 3 nitrogen and oxygen atoms in total. The molecule has 0 aliphatic rings. The Morgan fingerprint density at radius 2 is 2.06 bits per heavy atom. The van der Waals surface area contributed by atoms with Gasteiger partial charge in [-0.2, -0.15) is 0 Å². The second-order valence-corrected chi connectivity index (χ2v) is 6.31. The van der Waals surface area contributed by atoms with Crippen LogP contribution < -0.4 is 0 Å². The van der Waals surface area contributed by atoms with Crippen molar-refractivity contribution in [3.8, 4) is 9.88 Å². The summed E-state index contributed by atoms with van der Waals surface area (Å²) in [6.07, 6.45) is -0.381. The monoisotopic (exact) mass is 319 g/mol. The second kappa shape index (κ2) is 5.37. The Morgan fingerprint density at radius 1 is 1.31 bits per heavy atom. The predicted octanol–water partition coefficient (Wildman–Crippen LogP) is 3.93. The van der Waals surface area contributed by atoms with Gasteiger partial charge in [0, 0.05) is 19.6 Å². The molecule has 2 heterocycles. The van der Waals surface area contributed by atoms with E-state index in [4.69, 9.17) is 9.47 Å². The van der Waals surface area contributed by atoms with E-state index in [1.54, 1.807) is 36.9 Å². The van der Waals surface area contributed by atoms with Crippen molar-refractivity contribution >= 4 is 38.6 Å². The van der Waals surface area contributed by atoms with Gasteiger partial charge in [-0.15, -0.1) is 22.7 Å². The molecule has 0 N–H and O–H groups in total. The lowest BCUT2D eigenvalue weighted by atomic mass is 10.4. The van der Waals surface area contributed by atoms with Crippen molar-refractivity contribution in [2.75, 3.05) is 14.2 Å². The molecule has 2 aromatic rings. The van der Waals surface area contributed by atoms with Crippen molar-refractivity contribution < 1.29 is 9.47 Å². The number of rotatable bonds is 4. The Labute approximate surface area is 110 Å². The molecule has 0 bridgehead atoms. The molecule has 0 amide bonds. The second-order valence-electron chi connectivity index (χ2n) is 2.98. The van der Waals surface area contributed by atoms with Crippen molar-refractivity contribution in [2.24, 2.45) is 0 Å². The highest BCUT2D eigenvalue weighted by atomic mass is 79.9. The molecule has 0 aliphatic carbocycles. The molecular formula is C10H10BrNO2S2. The number of aromatic nitrogens is 1. The zero-order valence-corrected chi connectivity index (χ0v) is 12.0. The molecule has 0 aromatic carbocycles.